The summed E-state index contributed by atoms with van der Waals surface area (Å²) in [5.74, 6) is -0.504. The average Bonchev–Trinajstić information content (AvgIpc) is 2.67. The number of nitro groups is 1. The number of carbonyl (C=O) groups is 1. The molecule has 0 aliphatic carbocycles. The lowest BCUT2D eigenvalue weighted by molar-refractivity contribution is -0.384. The Morgan fingerprint density at radius 2 is 1.86 bits per heavy atom. The van der Waals surface area contributed by atoms with Crippen LogP contribution in [0.25, 0.3) is 0 Å². The van der Waals surface area contributed by atoms with E-state index in [1.807, 2.05) is 23.9 Å². The van der Waals surface area contributed by atoms with Gasteiger partial charge < -0.3 is 10.2 Å². The molecule has 0 saturated heterocycles. The first-order valence-electron chi connectivity index (χ1n) is 9.41. The summed E-state index contributed by atoms with van der Waals surface area (Å²) in [7, 11) is 3.91. The maximum Gasteiger partial charge on any atom is 0.271 e. The second-order valence-electron chi connectivity index (χ2n) is 7.23. The van der Waals surface area contributed by atoms with Gasteiger partial charge in [-0.2, -0.15) is 0 Å². The summed E-state index contributed by atoms with van der Waals surface area (Å²) in [6, 6.07) is 11.0. The monoisotopic (exact) mass is 402 g/mol. The van der Waals surface area contributed by atoms with Crippen molar-refractivity contribution >= 4 is 17.3 Å². The van der Waals surface area contributed by atoms with Crippen LogP contribution in [0.2, 0.25) is 0 Å². The fourth-order valence-electron chi connectivity index (χ4n) is 2.81. The lowest BCUT2D eigenvalue weighted by atomic mass is 10.1. The lowest BCUT2D eigenvalue weighted by Crippen LogP contribution is -2.34. The summed E-state index contributed by atoms with van der Waals surface area (Å²) in [5, 5.41) is 13.7. The molecule has 1 amide bonds. The number of carbonyl (C=O) groups excluding carboxylic acids is 1. The molecule has 7 nitrogen and oxygen atoms in total. The molecule has 29 heavy (non-hydrogen) atoms. The third kappa shape index (κ3) is 7.24. The summed E-state index contributed by atoms with van der Waals surface area (Å²) in [5.41, 5.74) is 1.69. The zero-order chi connectivity index (χ0) is 21.4. The summed E-state index contributed by atoms with van der Waals surface area (Å²) in [6.07, 6.45) is 0.198. The third-order valence-corrected chi connectivity index (χ3v) is 4.58. The lowest BCUT2D eigenvalue weighted by Gasteiger charge is -2.24. The molecular formula is C21H27FN4O3. The van der Waals surface area contributed by atoms with E-state index in [1.165, 1.54) is 18.2 Å². The van der Waals surface area contributed by atoms with Gasteiger partial charge in [0.15, 0.2) is 0 Å². The van der Waals surface area contributed by atoms with Crippen molar-refractivity contribution in [3.8, 4) is 0 Å². The SMILES string of the molecule is Cc1ccc([N+](=O)[O-])cc1NC(=O)CCN(CCN(C)C)Cc1ccccc1F. The molecule has 0 fully saturated rings. The van der Waals surface area contributed by atoms with E-state index in [1.54, 1.807) is 31.2 Å². The second-order valence-corrected chi connectivity index (χ2v) is 7.23. The van der Waals surface area contributed by atoms with E-state index < -0.39 is 4.92 Å². The highest BCUT2D eigenvalue weighted by molar-refractivity contribution is 5.92. The molecule has 1 N–H and O–H groups in total. The molecule has 0 aliphatic rings. The van der Waals surface area contributed by atoms with Gasteiger partial charge >= 0.3 is 0 Å². The number of benzene rings is 2. The smallest absolute Gasteiger partial charge is 0.271 e. The first-order valence-corrected chi connectivity index (χ1v) is 9.41. The number of likely N-dealkylation sites (N-methyl/N-ethyl adjacent to an activating group) is 1. The van der Waals surface area contributed by atoms with E-state index in [2.05, 4.69) is 5.32 Å². The van der Waals surface area contributed by atoms with Gasteiger partial charge in [-0.3, -0.25) is 19.8 Å². The van der Waals surface area contributed by atoms with Gasteiger partial charge in [-0.1, -0.05) is 24.3 Å². The third-order valence-electron chi connectivity index (χ3n) is 4.58. The van der Waals surface area contributed by atoms with E-state index in [0.717, 1.165) is 12.1 Å². The molecule has 0 bridgehead atoms. The fraction of sp³-hybridized carbons (Fsp3) is 0.381. The number of non-ortho nitro benzene ring substituents is 1. The van der Waals surface area contributed by atoms with Crippen LogP contribution in [0.4, 0.5) is 15.8 Å². The van der Waals surface area contributed by atoms with E-state index in [-0.39, 0.29) is 23.8 Å². The Morgan fingerprint density at radius 1 is 1.14 bits per heavy atom. The predicted octanol–water partition coefficient (Wildman–Crippen LogP) is 3.43. The number of nitrogens with one attached hydrogen (secondary N) is 1. The summed E-state index contributed by atoms with van der Waals surface area (Å²) in [4.78, 5) is 26.9. The molecule has 0 unspecified atom stereocenters. The Bertz CT molecular complexity index is 858. The summed E-state index contributed by atoms with van der Waals surface area (Å²) < 4.78 is 14.0. The van der Waals surface area contributed by atoms with E-state index in [9.17, 15) is 19.3 Å². The molecule has 2 rings (SSSR count). The van der Waals surface area contributed by atoms with Crippen molar-refractivity contribution in [1.82, 2.24) is 9.80 Å². The fourth-order valence-corrected chi connectivity index (χ4v) is 2.81. The number of hydrogen-bond donors (Lipinski definition) is 1. The Labute approximate surface area is 170 Å². The molecule has 0 atom stereocenters. The summed E-state index contributed by atoms with van der Waals surface area (Å²) >= 11 is 0. The van der Waals surface area contributed by atoms with Crippen LogP contribution in [0.15, 0.2) is 42.5 Å². The number of anilines is 1. The van der Waals surface area contributed by atoms with Crippen molar-refractivity contribution in [1.29, 1.82) is 0 Å². The van der Waals surface area contributed by atoms with Gasteiger partial charge in [0.05, 0.1) is 10.6 Å². The number of amides is 1. The number of aryl methyl sites for hydroxylation is 1. The van der Waals surface area contributed by atoms with Crippen LogP contribution < -0.4 is 5.32 Å². The average molecular weight is 402 g/mol. The van der Waals surface area contributed by atoms with E-state index in [0.29, 0.717) is 30.9 Å². The van der Waals surface area contributed by atoms with Crippen molar-refractivity contribution in [3.05, 3.63) is 69.5 Å². The number of nitro benzene ring substituents is 1. The highest BCUT2D eigenvalue weighted by Gasteiger charge is 2.14. The van der Waals surface area contributed by atoms with Crippen molar-refractivity contribution in [2.75, 3.05) is 39.0 Å². The minimum Gasteiger partial charge on any atom is -0.326 e. The molecular weight excluding hydrogens is 375 g/mol. The maximum absolute atomic E-state index is 14.0. The molecule has 156 valence electrons. The predicted molar refractivity (Wildman–Crippen MR) is 111 cm³/mol. The molecule has 0 radical (unpaired) electrons. The van der Waals surface area contributed by atoms with Gasteiger partial charge in [-0.25, -0.2) is 4.39 Å². The first-order chi connectivity index (χ1) is 13.8. The Kier molecular flexibility index (Phi) is 8.23. The van der Waals surface area contributed by atoms with Gasteiger partial charge in [0.1, 0.15) is 5.82 Å². The van der Waals surface area contributed by atoms with Gasteiger partial charge in [-0.05, 0) is 32.6 Å². The zero-order valence-corrected chi connectivity index (χ0v) is 17.0. The molecule has 0 aromatic heterocycles. The van der Waals surface area contributed by atoms with Gasteiger partial charge in [0, 0.05) is 50.3 Å². The number of rotatable bonds is 10. The number of hydrogen-bond acceptors (Lipinski definition) is 5. The molecule has 0 aliphatic heterocycles. The van der Waals surface area contributed by atoms with Crippen molar-refractivity contribution < 1.29 is 14.1 Å². The Hall–Kier alpha value is -2.84. The molecule has 2 aromatic carbocycles. The van der Waals surface area contributed by atoms with Gasteiger partial charge in [0.25, 0.3) is 5.69 Å². The largest absolute Gasteiger partial charge is 0.326 e. The van der Waals surface area contributed by atoms with Crippen LogP contribution in [-0.2, 0) is 11.3 Å². The summed E-state index contributed by atoms with van der Waals surface area (Å²) in [6.45, 7) is 4.09. The van der Waals surface area contributed by atoms with Gasteiger partial charge in [0.2, 0.25) is 5.91 Å². The molecule has 0 spiro atoms. The highest BCUT2D eigenvalue weighted by atomic mass is 19.1. The molecule has 0 saturated carbocycles. The minimum atomic E-state index is -0.494. The van der Waals surface area contributed by atoms with Crippen LogP contribution in [0.5, 0.6) is 0 Å². The number of nitrogens with zero attached hydrogens (tertiary/aromatic N) is 3. The Balaban J connectivity index is 2.00. The minimum absolute atomic E-state index is 0.0712. The van der Waals surface area contributed by atoms with E-state index in [4.69, 9.17) is 0 Å². The van der Waals surface area contributed by atoms with Crippen molar-refractivity contribution in [2.24, 2.45) is 0 Å². The second kappa shape index (κ2) is 10.6. The standard InChI is InChI=1S/C21H27FN4O3/c1-16-8-9-18(26(28)29)14-20(16)23-21(27)10-11-25(13-12-24(2)3)15-17-6-4-5-7-19(17)22/h4-9,14H,10-13,15H2,1-3H3,(H,23,27). The van der Waals surface area contributed by atoms with Crippen LogP contribution in [0, 0.1) is 22.9 Å². The normalized spacial score (nSPS) is 11.1. The van der Waals surface area contributed by atoms with Crippen LogP contribution in [0.1, 0.15) is 17.5 Å². The molecule has 8 heteroatoms. The maximum atomic E-state index is 14.0. The van der Waals surface area contributed by atoms with Crippen molar-refractivity contribution in [2.45, 2.75) is 19.9 Å². The van der Waals surface area contributed by atoms with Crippen LogP contribution in [0.3, 0.4) is 0 Å². The number of halogens is 1. The zero-order valence-electron chi connectivity index (χ0n) is 17.0. The first kappa shape index (κ1) is 22.4. The van der Waals surface area contributed by atoms with Crippen molar-refractivity contribution in [3.63, 3.8) is 0 Å². The highest BCUT2D eigenvalue weighted by Crippen LogP contribution is 2.22. The quantitative estimate of drug-likeness (QED) is 0.487. The van der Waals surface area contributed by atoms with Gasteiger partial charge in [-0.15, -0.1) is 0 Å². The molecule has 2 aromatic rings. The van der Waals surface area contributed by atoms with Crippen LogP contribution in [-0.4, -0.2) is 54.4 Å². The topological polar surface area (TPSA) is 78.7 Å². The van der Waals surface area contributed by atoms with Crippen LogP contribution >= 0.6 is 0 Å². The van der Waals surface area contributed by atoms with E-state index >= 15 is 0 Å². The molecule has 0 heterocycles. The Morgan fingerprint density at radius 3 is 2.52 bits per heavy atom.